The van der Waals surface area contributed by atoms with Gasteiger partial charge in [-0.15, -0.1) is 0 Å². The van der Waals surface area contributed by atoms with E-state index < -0.39 is 19.0 Å². The molecule has 0 spiro atoms. The first kappa shape index (κ1) is 9.80. The highest BCUT2D eigenvalue weighted by Gasteiger charge is 2.14. The van der Waals surface area contributed by atoms with Crippen molar-refractivity contribution in [3.63, 3.8) is 0 Å². The monoisotopic (exact) mass is 152 g/mol. The van der Waals surface area contributed by atoms with Crippen LogP contribution in [0.3, 0.4) is 0 Å². The van der Waals surface area contributed by atoms with Gasteiger partial charge < -0.3 is 25.2 Å². The summed E-state index contributed by atoms with van der Waals surface area (Å²) < 4.78 is 4.44. The number of hydrogen-bond donors (Lipinski definition) is 4. The van der Waals surface area contributed by atoms with Crippen LogP contribution in [0.2, 0.25) is 0 Å². The van der Waals surface area contributed by atoms with Gasteiger partial charge in [-0.1, -0.05) is 0 Å². The van der Waals surface area contributed by atoms with Crippen LogP contribution in [0, 0.1) is 0 Å². The van der Waals surface area contributed by atoms with Crippen molar-refractivity contribution >= 4 is 0 Å². The Kier molecular flexibility index (Phi) is 5.46. The van der Waals surface area contributed by atoms with Crippen LogP contribution in [0.4, 0.5) is 0 Å². The molecule has 1 unspecified atom stereocenters. The molecule has 0 saturated carbocycles. The summed E-state index contributed by atoms with van der Waals surface area (Å²) in [5.74, 6) is 0. The van der Waals surface area contributed by atoms with E-state index in [4.69, 9.17) is 20.4 Å². The molecule has 4 N–H and O–H groups in total. The number of aliphatic hydroxyl groups is 4. The van der Waals surface area contributed by atoms with Crippen LogP contribution in [0.25, 0.3) is 0 Å². The molecule has 62 valence electrons. The molecule has 0 bridgehead atoms. The molecule has 5 heteroatoms. The van der Waals surface area contributed by atoms with Gasteiger partial charge in [-0.3, -0.25) is 0 Å². The molecule has 0 heterocycles. The van der Waals surface area contributed by atoms with Crippen molar-refractivity contribution in [1.29, 1.82) is 0 Å². The summed E-state index contributed by atoms with van der Waals surface area (Å²) in [6, 6.07) is 0. The minimum absolute atomic E-state index is 0.0573. The van der Waals surface area contributed by atoms with Crippen LogP contribution < -0.4 is 0 Å². The van der Waals surface area contributed by atoms with Crippen LogP contribution >= 0.6 is 0 Å². The molecular weight excluding hydrogens is 140 g/mol. The fourth-order valence-electron chi connectivity index (χ4n) is 0.375. The van der Waals surface area contributed by atoms with Crippen molar-refractivity contribution in [2.75, 3.05) is 19.8 Å². The molecule has 0 rings (SSSR count). The first-order valence-electron chi connectivity index (χ1n) is 2.91. The molecule has 5 nitrogen and oxygen atoms in total. The van der Waals surface area contributed by atoms with Crippen molar-refractivity contribution in [1.82, 2.24) is 0 Å². The smallest absolute Gasteiger partial charge is 0.183 e. The summed E-state index contributed by atoms with van der Waals surface area (Å²) in [7, 11) is 0. The third-order valence-corrected chi connectivity index (χ3v) is 0.896. The highest BCUT2D eigenvalue weighted by molar-refractivity contribution is 4.54. The molecule has 10 heavy (non-hydrogen) atoms. The third kappa shape index (κ3) is 3.76. The lowest BCUT2D eigenvalue weighted by molar-refractivity contribution is -0.174. The minimum atomic E-state index is -1.42. The zero-order chi connectivity index (χ0) is 7.98. The summed E-state index contributed by atoms with van der Waals surface area (Å²) in [6.45, 7) is -0.847. The van der Waals surface area contributed by atoms with Crippen molar-refractivity contribution in [2.24, 2.45) is 0 Å². The molecule has 0 saturated heterocycles. The quantitative estimate of drug-likeness (QED) is 0.332. The molecule has 0 aliphatic carbocycles. The van der Waals surface area contributed by atoms with Crippen molar-refractivity contribution in [3.05, 3.63) is 0 Å². The zero-order valence-electron chi connectivity index (χ0n) is 5.47. The highest BCUT2D eigenvalue weighted by atomic mass is 16.6. The average Bonchev–Trinajstić information content (AvgIpc) is 1.98. The molecule has 0 amide bonds. The number of ether oxygens (including phenoxy) is 1. The number of aliphatic hydroxyl groups excluding tert-OH is 4. The normalized spacial score (nSPS) is 16.8. The predicted octanol–water partition coefficient (Wildman–Crippen LogP) is -2.33. The van der Waals surface area contributed by atoms with Crippen LogP contribution in [-0.4, -0.2) is 52.6 Å². The topological polar surface area (TPSA) is 90.2 Å². The predicted molar refractivity (Wildman–Crippen MR) is 32.1 cm³/mol. The molecule has 0 aliphatic heterocycles. The lowest BCUT2D eigenvalue weighted by Crippen LogP contribution is -2.32. The van der Waals surface area contributed by atoms with Gasteiger partial charge in [0, 0.05) is 0 Å². The summed E-state index contributed by atoms with van der Waals surface area (Å²) in [5.41, 5.74) is 0. The van der Waals surface area contributed by atoms with Crippen LogP contribution in [-0.2, 0) is 4.74 Å². The van der Waals surface area contributed by atoms with Gasteiger partial charge in [-0.05, 0) is 0 Å². The summed E-state index contributed by atoms with van der Waals surface area (Å²) in [6.07, 6.45) is -2.72. The molecule has 0 aromatic rings. The Morgan fingerprint density at radius 2 is 1.80 bits per heavy atom. The van der Waals surface area contributed by atoms with E-state index >= 15 is 0 Å². The highest BCUT2D eigenvalue weighted by Crippen LogP contribution is 1.93. The molecule has 0 fully saturated rings. The standard InChI is InChI=1S/C5H12O5/c6-1-2-10-5(9)4(8)3-7/h4-9H,1-3H2/t4?,5-/m0/s1. The second-order valence-electron chi connectivity index (χ2n) is 1.73. The van der Waals surface area contributed by atoms with Gasteiger partial charge in [0.2, 0.25) is 0 Å². The molecule has 2 atom stereocenters. The Labute approximate surface area is 58.5 Å². The van der Waals surface area contributed by atoms with Crippen molar-refractivity contribution in [3.8, 4) is 0 Å². The van der Waals surface area contributed by atoms with E-state index in [1.807, 2.05) is 0 Å². The largest absolute Gasteiger partial charge is 0.394 e. The van der Waals surface area contributed by atoms with E-state index in [0.717, 1.165) is 0 Å². The van der Waals surface area contributed by atoms with Gasteiger partial charge in [0.1, 0.15) is 6.10 Å². The van der Waals surface area contributed by atoms with Gasteiger partial charge >= 0.3 is 0 Å². The average molecular weight is 152 g/mol. The zero-order valence-corrected chi connectivity index (χ0v) is 5.47. The van der Waals surface area contributed by atoms with Gasteiger partial charge in [0.25, 0.3) is 0 Å². The maximum absolute atomic E-state index is 8.71. The molecule has 0 aliphatic rings. The Morgan fingerprint density at radius 1 is 1.20 bits per heavy atom. The SMILES string of the molecule is OCCO[C@H](O)C(O)CO. The maximum atomic E-state index is 8.71. The first-order valence-corrected chi connectivity index (χ1v) is 2.91. The van der Waals surface area contributed by atoms with Gasteiger partial charge in [-0.25, -0.2) is 0 Å². The Balaban J connectivity index is 3.31. The number of hydrogen-bond acceptors (Lipinski definition) is 5. The Morgan fingerprint density at radius 3 is 2.20 bits per heavy atom. The molecule has 0 radical (unpaired) electrons. The molecule has 0 aromatic heterocycles. The second kappa shape index (κ2) is 5.57. The maximum Gasteiger partial charge on any atom is 0.183 e. The fraction of sp³-hybridized carbons (Fsp3) is 1.00. The third-order valence-electron chi connectivity index (χ3n) is 0.896. The van der Waals surface area contributed by atoms with Crippen LogP contribution in [0.5, 0.6) is 0 Å². The Bertz CT molecular complexity index is 76.4. The van der Waals surface area contributed by atoms with Crippen molar-refractivity contribution < 1.29 is 25.2 Å². The van der Waals surface area contributed by atoms with Gasteiger partial charge in [-0.2, -0.15) is 0 Å². The van der Waals surface area contributed by atoms with E-state index in [1.54, 1.807) is 0 Å². The van der Waals surface area contributed by atoms with E-state index in [-0.39, 0.29) is 13.2 Å². The first-order chi connectivity index (χ1) is 4.72. The fourth-order valence-corrected chi connectivity index (χ4v) is 0.375. The lowest BCUT2D eigenvalue weighted by atomic mass is 10.4. The van der Waals surface area contributed by atoms with E-state index in [2.05, 4.69) is 4.74 Å². The Hall–Kier alpha value is -0.200. The van der Waals surface area contributed by atoms with E-state index in [9.17, 15) is 0 Å². The van der Waals surface area contributed by atoms with Gasteiger partial charge in [0.15, 0.2) is 6.29 Å². The summed E-state index contributed by atoms with van der Waals surface area (Å²) in [4.78, 5) is 0. The summed E-state index contributed by atoms with van der Waals surface area (Å²) in [5, 5.41) is 33.8. The molecule has 0 aromatic carbocycles. The second-order valence-corrected chi connectivity index (χ2v) is 1.73. The van der Waals surface area contributed by atoms with E-state index in [0.29, 0.717) is 0 Å². The van der Waals surface area contributed by atoms with Gasteiger partial charge in [0.05, 0.1) is 19.8 Å². The lowest BCUT2D eigenvalue weighted by Gasteiger charge is -2.14. The van der Waals surface area contributed by atoms with E-state index in [1.165, 1.54) is 0 Å². The van der Waals surface area contributed by atoms with Crippen molar-refractivity contribution in [2.45, 2.75) is 12.4 Å². The molecular formula is C5H12O5. The van der Waals surface area contributed by atoms with Crippen LogP contribution in [0.15, 0.2) is 0 Å². The number of rotatable bonds is 5. The van der Waals surface area contributed by atoms with Crippen LogP contribution in [0.1, 0.15) is 0 Å². The summed E-state index contributed by atoms with van der Waals surface area (Å²) >= 11 is 0. The minimum Gasteiger partial charge on any atom is -0.394 e.